The number of rotatable bonds is 4. The van der Waals surface area contributed by atoms with E-state index in [9.17, 15) is 14.6 Å². The van der Waals surface area contributed by atoms with Gasteiger partial charge in [-0.2, -0.15) is 0 Å². The maximum Gasteiger partial charge on any atom is 0.330 e. The summed E-state index contributed by atoms with van der Waals surface area (Å²) in [7, 11) is -3.57. The molecule has 1 fully saturated rings. The standard InChI is InChI=1S/C9H18O5P.Y/c1-6(2)15(11,12)14-5-8-9(10)7(3)4-13-8;/h4,6-10H,5H2,1-3H3,(H,11,12);/q-1;. The summed E-state index contributed by atoms with van der Waals surface area (Å²) in [5, 5.41) is 9.59. The van der Waals surface area contributed by atoms with Crippen LogP contribution in [-0.4, -0.2) is 34.5 Å². The van der Waals surface area contributed by atoms with E-state index in [1.54, 1.807) is 13.8 Å². The van der Waals surface area contributed by atoms with Gasteiger partial charge >= 0.3 is 7.60 Å². The van der Waals surface area contributed by atoms with Crippen LogP contribution in [0, 0.1) is 12.5 Å². The van der Waals surface area contributed by atoms with Gasteiger partial charge in [-0.25, -0.2) is 6.61 Å². The predicted octanol–water partition coefficient (Wildman–Crippen LogP) is 1.15. The molecule has 1 heterocycles. The molecule has 0 aromatic heterocycles. The van der Waals surface area contributed by atoms with E-state index in [0.29, 0.717) is 0 Å². The monoisotopic (exact) mass is 326 g/mol. The summed E-state index contributed by atoms with van der Waals surface area (Å²) in [6.45, 7) is 6.50. The molecule has 1 aliphatic rings. The Hall–Kier alpha value is 1.17. The summed E-state index contributed by atoms with van der Waals surface area (Å²) in [5.74, 6) is -0.0734. The molecule has 0 saturated carbocycles. The normalized spacial score (nSPS) is 33.5. The van der Waals surface area contributed by atoms with E-state index < -0.39 is 25.5 Å². The van der Waals surface area contributed by atoms with Crippen molar-refractivity contribution in [2.24, 2.45) is 5.92 Å². The Kier molecular flexibility index (Phi) is 7.44. The SMILES string of the molecule is CC1[CH-]OC(COP(=O)(O)C(C)C)C1O.[Y]. The van der Waals surface area contributed by atoms with Gasteiger partial charge in [0.1, 0.15) is 0 Å². The first-order valence-corrected chi connectivity index (χ1v) is 6.63. The van der Waals surface area contributed by atoms with Crippen molar-refractivity contribution in [3.05, 3.63) is 6.61 Å². The van der Waals surface area contributed by atoms with Crippen molar-refractivity contribution in [1.29, 1.82) is 0 Å². The summed E-state index contributed by atoms with van der Waals surface area (Å²) >= 11 is 0. The van der Waals surface area contributed by atoms with Gasteiger partial charge in [0.05, 0.1) is 24.5 Å². The molecule has 0 spiro atoms. The van der Waals surface area contributed by atoms with Crippen molar-refractivity contribution < 1.29 is 56.5 Å². The first-order chi connectivity index (χ1) is 6.84. The fraction of sp³-hybridized carbons (Fsp3) is 0.889. The van der Waals surface area contributed by atoms with Crippen LogP contribution in [0.25, 0.3) is 0 Å². The Morgan fingerprint density at radius 1 is 1.56 bits per heavy atom. The molecule has 1 radical (unpaired) electrons. The van der Waals surface area contributed by atoms with Crippen molar-refractivity contribution in [2.45, 2.75) is 38.6 Å². The van der Waals surface area contributed by atoms with E-state index in [2.05, 4.69) is 0 Å². The van der Waals surface area contributed by atoms with Crippen molar-refractivity contribution in [1.82, 2.24) is 0 Å². The van der Waals surface area contributed by atoms with Crippen LogP contribution in [0.1, 0.15) is 20.8 Å². The van der Waals surface area contributed by atoms with Crippen LogP contribution < -0.4 is 0 Å². The summed E-state index contributed by atoms with van der Waals surface area (Å²) in [4.78, 5) is 9.39. The van der Waals surface area contributed by atoms with Crippen LogP contribution in [0.5, 0.6) is 0 Å². The largest absolute Gasteiger partial charge is 0.546 e. The van der Waals surface area contributed by atoms with E-state index in [4.69, 9.17) is 9.26 Å². The van der Waals surface area contributed by atoms with Gasteiger partial charge in [-0.1, -0.05) is 20.8 Å². The van der Waals surface area contributed by atoms with Gasteiger partial charge in [-0.05, 0) is 0 Å². The van der Waals surface area contributed by atoms with Crippen molar-refractivity contribution in [2.75, 3.05) is 6.61 Å². The van der Waals surface area contributed by atoms with Crippen molar-refractivity contribution >= 4 is 7.60 Å². The summed E-state index contributed by atoms with van der Waals surface area (Å²) in [6.07, 6.45) is -1.21. The van der Waals surface area contributed by atoms with Crippen LogP contribution in [0.2, 0.25) is 0 Å². The summed E-state index contributed by atoms with van der Waals surface area (Å²) < 4.78 is 21.5. The maximum atomic E-state index is 11.4. The third-order valence-corrected chi connectivity index (χ3v) is 4.29. The molecule has 1 saturated heterocycles. The molecule has 0 aromatic carbocycles. The molecular weight excluding hydrogens is 308 g/mol. The maximum absolute atomic E-state index is 11.4. The van der Waals surface area contributed by atoms with E-state index in [1.807, 2.05) is 6.92 Å². The quantitative estimate of drug-likeness (QED) is 0.599. The summed E-state index contributed by atoms with van der Waals surface area (Å²) in [5.41, 5.74) is -0.447. The Morgan fingerprint density at radius 3 is 2.50 bits per heavy atom. The van der Waals surface area contributed by atoms with Gasteiger partial charge in [0.25, 0.3) is 0 Å². The molecule has 4 unspecified atom stereocenters. The van der Waals surface area contributed by atoms with Gasteiger partial charge in [-0.15, -0.1) is 5.92 Å². The molecule has 4 atom stereocenters. The first-order valence-electron chi connectivity index (χ1n) is 4.98. The van der Waals surface area contributed by atoms with E-state index in [0.717, 1.165) is 0 Å². The topological polar surface area (TPSA) is 76.0 Å². The van der Waals surface area contributed by atoms with Crippen LogP contribution in [-0.2, 0) is 46.5 Å². The molecule has 7 heteroatoms. The van der Waals surface area contributed by atoms with E-state index >= 15 is 0 Å². The Balaban J connectivity index is 0.00000225. The number of aliphatic hydroxyl groups excluding tert-OH is 1. The Bertz CT molecular complexity index is 260. The predicted molar refractivity (Wildman–Crippen MR) is 55.3 cm³/mol. The molecule has 5 nitrogen and oxygen atoms in total. The Morgan fingerprint density at radius 2 is 2.12 bits per heavy atom. The first kappa shape index (κ1) is 17.2. The van der Waals surface area contributed by atoms with Gasteiger partial charge < -0.3 is 19.3 Å². The number of hydrogen-bond donors (Lipinski definition) is 2. The van der Waals surface area contributed by atoms with Crippen molar-refractivity contribution in [3.63, 3.8) is 0 Å². The molecule has 0 amide bonds. The van der Waals surface area contributed by atoms with Crippen molar-refractivity contribution in [3.8, 4) is 0 Å². The molecule has 93 valence electrons. The van der Waals surface area contributed by atoms with Gasteiger partial charge in [0, 0.05) is 32.7 Å². The summed E-state index contributed by atoms with van der Waals surface area (Å²) in [6, 6.07) is 0. The number of ether oxygens (including phenoxy) is 1. The molecule has 0 bridgehead atoms. The second-order valence-corrected chi connectivity index (χ2v) is 6.53. The molecule has 0 aliphatic carbocycles. The fourth-order valence-corrected chi connectivity index (χ4v) is 1.85. The van der Waals surface area contributed by atoms with Crippen LogP contribution in [0.15, 0.2) is 0 Å². The molecular formula is C9H18O5PY-. The van der Waals surface area contributed by atoms with E-state index in [-0.39, 0.29) is 45.2 Å². The molecule has 0 aromatic rings. The van der Waals surface area contributed by atoms with Crippen LogP contribution in [0.4, 0.5) is 0 Å². The van der Waals surface area contributed by atoms with Gasteiger partial charge in [0.15, 0.2) is 0 Å². The minimum atomic E-state index is -3.57. The van der Waals surface area contributed by atoms with E-state index in [1.165, 1.54) is 6.61 Å². The molecule has 2 N–H and O–H groups in total. The molecule has 1 aliphatic heterocycles. The second-order valence-electron chi connectivity index (χ2n) is 4.11. The average Bonchev–Trinajstić information content (AvgIpc) is 2.45. The molecule has 16 heavy (non-hydrogen) atoms. The zero-order valence-corrected chi connectivity index (χ0v) is 13.5. The zero-order chi connectivity index (χ0) is 11.6. The minimum absolute atomic E-state index is 0. The third-order valence-electron chi connectivity index (χ3n) is 2.46. The van der Waals surface area contributed by atoms with Crippen LogP contribution >= 0.6 is 7.60 Å². The number of hydrogen-bond acceptors (Lipinski definition) is 4. The second kappa shape index (κ2) is 6.93. The zero-order valence-electron chi connectivity index (χ0n) is 9.74. The Labute approximate surface area is 121 Å². The van der Waals surface area contributed by atoms with Crippen LogP contribution in [0.3, 0.4) is 0 Å². The number of aliphatic hydroxyl groups is 1. The minimum Gasteiger partial charge on any atom is -0.546 e. The fourth-order valence-electron chi connectivity index (χ4n) is 1.19. The van der Waals surface area contributed by atoms with Gasteiger partial charge in [-0.3, -0.25) is 4.57 Å². The smallest absolute Gasteiger partial charge is 0.330 e. The third kappa shape index (κ3) is 4.45. The van der Waals surface area contributed by atoms with Gasteiger partial charge in [0.2, 0.25) is 0 Å². The average molecular weight is 326 g/mol. The molecule has 1 rings (SSSR count).